The van der Waals surface area contributed by atoms with Crippen molar-refractivity contribution in [2.75, 3.05) is 6.61 Å². The molecule has 0 fully saturated rings. The van der Waals surface area contributed by atoms with E-state index in [0.717, 1.165) is 29.5 Å². The van der Waals surface area contributed by atoms with E-state index in [1.54, 1.807) is 0 Å². The van der Waals surface area contributed by atoms with Gasteiger partial charge in [0.25, 0.3) is 0 Å². The number of rotatable bonds is 7. The molecule has 0 amide bonds. The van der Waals surface area contributed by atoms with Crippen LogP contribution in [0.5, 0.6) is 0 Å². The summed E-state index contributed by atoms with van der Waals surface area (Å²) in [5.74, 6) is -1.58. The van der Waals surface area contributed by atoms with Gasteiger partial charge in [-0.3, -0.25) is 9.59 Å². The van der Waals surface area contributed by atoms with Crippen LogP contribution >= 0.6 is 0 Å². The molecule has 0 aliphatic carbocycles. The van der Waals surface area contributed by atoms with Gasteiger partial charge in [0.1, 0.15) is 5.92 Å². The highest BCUT2D eigenvalue weighted by atomic mass is 16.5. The summed E-state index contributed by atoms with van der Waals surface area (Å²) in [6, 6.07) is 13.1. The average Bonchev–Trinajstić information content (AvgIpc) is 2.55. The van der Waals surface area contributed by atoms with Gasteiger partial charge in [0.05, 0.1) is 6.61 Å². The van der Waals surface area contributed by atoms with Crippen LogP contribution in [0.4, 0.5) is 0 Å². The van der Waals surface area contributed by atoms with Gasteiger partial charge in [-0.15, -0.1) is 0 Å². The Morgan fingerprint density at radius 2 is 1.60 bits per heavy atom. The van der Waals surface area contributed by atoms with E-state index < -0.39 is 11.9 Å². The molecule has 3 nitrogen and oxygen atoms in total. The molecule has 0 aliphatic heterocycles. The van der Waals surface area contributed by atoms with Gasteiger partial charge < -0.3 is 4.74 Å². The van der Waals surface area contributed by atoms with Gasteiger partial charge in [-0.25, -0.2) is 0 Å². The first-order valence-electron chi connectivity index (χ1n) is 8.79. The highest BCUT2D eigenvalue weighted by molar-refractivity contribution is 6.14. The Labute approximate surface area is 150 Å². The number of esters is 1. The first-order chi connectivity index (χ1) is 12.0. The van der Waals surface area contributed by atoms with Crippen molar-refractivity contribution in [3.63, 3.8) is 0 Å². The van der Waals surface area contributed by atoms with Crippen LogP contribution in [0.25, 0.3) is 0 Å². The van der Waals surface area contributed by atoms with Crippen LogP contribution in [0.2, 0.25) is 0 Å². The molecule has 2 rings (SSSR count). The van der Waals surface area contributed by atoms with Gasteiger partial charge in [-0.2, -0.15) is 0 Å². The van der Waals surface area contributed by atoms with Crippen molar-refractivity contribution in [2.24, 2.45) is 0 Å². The SMILES string of the molecule is CCCCOC(=O)C(C(=O)c1c(C)cc(C)cc1C)c1ccccc1. The summed E-state index contributed by atoms with van der Waals surface area (Å²) in [5.41, 5.74) is 4.18. The minimum Gasteiger partial charge on any atom is -0.465 e. The maximum absolute atomic E-state index is 13.3. The van der Waals surface area contributed by atoms with E-state index in [9.17, 15) is 9.59 Å². The zero-order valence-electron chi connectivity index (χ0n) is 15.5. The second-order valence-corrected chi connectivity index (χ2v) is 6.50. The Balaban J connectivity index is 2.42. The van der Waals surface area contributed by atoms with E-state index in [4.69, 9.17) is 4.74 Å². The van der Waals surface area contributed by atoms with E-state index in [1.165, 1.54) is 0 Å². The number of carbonyl (C=O) groups excluding carboxylic acids is 2. The maximum Gasteiger partial charge on any atom is 0.321 e. The molecular weight excluding hydrogens is 312 g/mol. The number of aryl methyl sites for hydroxylation is 3. The Hall–Kier alpha value is -2.42. The fourth-order valence-corrected chi connectivity index (χ4v) is 3.15. The van der Waals surface area contributed by atoms with Gasteiger partial charge in [0.2, 0.25) is 0 Å². The van der Waals surface area contributed by atoms with Crippen LogP contribution in [0.15, 0.2) is 42.5 Å². The molecule has 0 heterocycles. The lowest BCUT2D eigenvalue weighted by atomic mass is 9.86. The molecule has 2 aromatic carbocycles. The summed E-state index contributed by atoms with van der Waals surface area (Å²) >= 11 is 0. The molecule has 0 spiro atoms. The zero-order chi connectivity index (χ0) is 18.4. The summed E-state index contributed by atoms with van der Waals surface area (Å²) < 4.78 is 5.39. The minimum atomic E-state index is -0.918. The number of ether oxygens (including phenoxy) is 1. The maximum atomic E-state index is 13.3. The first-order valence-corrected chi connectivity index (χ1v) is 8.79. The fourth-order valence-electron chi connectivity index (χ4n) is 3.15. The normalized spacial score (nSPS) is 11.8. The van der Waals surface area contributed by atoms with Crippen molar-refractivity contribution < 1.29 is 14.3 Å². The topological polar surface area (TPSA) is 43.4 Å². The molecule has 0 N–H and O–H groups in total. The molecule has 0 radical (unpaired) electrons. The molecule has 1 unspecified atom stereocenters. The average molecular weight is 338 g/mol. The third kappa shape index (κ3) is 4.56. The second-order valence-electron chi connectivity index (χ2n) is 6.50. The van der Waals surface area contributed by atoms with Crippen molar-refractivity contribution in [1.82, 2.24) is 0 Å². The molecule has 0 bridgehead atoms. The number of ketones is 1. The van der Waals surface area contributed by atoms with E-state index in [1.807, 2.05) is 70.2 Å². The van der Waals surface area contributed by atoms with Crippen molar-refractivity contribution in [3.8, 4) is 0 Å². The fraction of sp³-hybridized carbons (Fsp3) is 0.364. The van der Waals surface area contributed by atoms with E-state index in [-0.39, 0.29) is 5.78 Å². The monoisotopic (exact) mass is 338 g/mol. The van der Waals surface area contributed by atoms with Gasteiger partial charge in [0, 0.05) is 5.56 Å². The lowest BCUT2D eigenvalue weighted by molar-refractivity contribution is -0.144. The van der Waals surface area contributed by atoms with Crippen molar-refractivity contribution in [3.05, 3.63) is 70.3 Å². The van der Waals surface area contributed by atoms with Crippen LogP contribution in [-0.2, 0) is 9.53 Å². The molecule has 0 saturated heterocycles. The van der Waals surface area contributed by atoms with Gasteiger partial charge >= 0.3 is 5.97 Å². The van der Waals surface area contributed by atoms with Gasteiger partial charge in [-0.05, 0) is 43.9 Å². The predicted octanol–water partition coefficient (Wildman–Crippen LogP) is 4.92. The van der Waals surface area contributed by atoms with E-state index in [2.05, 4.69) is 0 Å². The van der Waals surface area contributed by atoms with E-state index >= 15 is 0 Å². The number of hydrogen-bond acceptors (Lipinski definition) is 3. The Morgan fingerprint density at radius 1 is 1.00 bits per heavy atom. The number of carbonyl (C=O) groups is 2. The van der Waals surface area contributed by atoms with E-state index in [0.29, 0.717) is 17.7 Å². The molecule has 0 aliphatic rings. The minimum absolute atomic E-state index is 0.192. The largest absolute Gasteiger partial charge is 0.465 e. The Morgan fingerprint density at radius 3 is 2.16 bits per heavy atom. The highest BCUT2D eigenvalue weighted by Crippen LogP contribution is 2.27. The van der Waals surface area contributed by atoms with Crippen LogP contribution in [-0.4, -0.2) is 18.4 Å². The van der Waals surface area contributed by atoms with Gasteiger partial charge in [-0.1, -0.05) is 61.4 Å². The van der Waals surface area contributed by atoms with Crippen LogP contribution in [0.3, 0.4) is 0 Å². The summed E-state index contributed by atoms with van der Waals surface area (Å²) in [6.45, 7) is 8.21. The summed E-state index contributed by atoms with van der Waals surface area (Å²) in [5, 5.41) is 0. The standard InChI is InChI=1S/C22H26O3/c1-5-6-12-25-22(24)20(18-10-8-7-9-11-18)21(23)19-16(3)13-15(2)14-17(19)4/h7-11,13-14,20H,5-6,12H2,1-4H3. The predicted molar refractivity (Wildman–Crippen MR) is 100 cm³/mol. The van der Waals surface area contributed by atoms with Crippen LogP contribution < -0.4 is 0 Å². The zero-order valence-corrected chi connectivity index (χ0v) is 15.5. The lowest BCUT2D eigenvalue weighted by Crippen LogP contribution is -2.26. The molecule has 0 saturated carbocycles. The van der Waals surface area contributed by atoms with Crippen molar-refractivity contribution in [2.45, 2.75) is 46.5 Å². The molecule has 25 heavy (non-hydrogen) atoms. The highest BCUT2D eigenvalue weighted by Gasteiger charge is 2.32. The van der Waals surface area contributed by atoms with Crippen LogP contribution in [0.1, 0.15) is 58.3 Å². The summed E-state index contributed by atoms with van der Waals surface area (Å²) in [4.78, 5) is 26.0. The molecule has 0 aromatic heterocycles. The Bertz CT molecular complexity index is 724. The Kier molecular flexibility index (Phi) is 6.51. The molecule has 1 atom stereocenters. The number of benzene rings is 2. The van der Waals surface area contributed by atoms with Crippen molar-refractivity contribution >= 4 is 11.8 Å². The number of hydrogen-bond donors (Lipinski definition) is 0. The molecule has 2 aromatic rings. The van der Waals surface area contributed by atoms with Crippen LogP contribution in [0, 0.1) is 20.8 Å². The third-order valence-corrected chi connectivity index (χ3v) is 4.30. The van der Waals surface area contributed by atoms with Crippen molar-refractivity contribution in [1.29, 1.82) is 0 Å². The first kappa shape index (κ1) is 18.9. The molecule has 3 heteroatoms. The number of unbranched alkanes of at least 4 members (excludes halogenated alkanes) is 1. The van der Waals surface area contributed by atoms with Gasteiger partial charge in [0.15, 0.2) is 5.78 Å². The second kappa shape index (κ2) is 8.61. The lowest BCUT2D eigenvalue weighted by Gasteiger charge is -2.18. The third-order valence-electron chi connectivity index (χ3n) is 4.30. The molecular formula is C22H26O3. The summed E-state index contributed by atoms with van der Waals surface area (Å²) in [7, 11) is 0. The quantitative estimate of drug-likeness (QED) is 0.311. The molecule has 132 valence electrons. The summed E-state index contributed by atoms with van der Waals surface area (Å²) in [6.07, 6.45) is 1.73. The number of Topliss-reactive ketones (excluding diaryl/α,β-unsaturated/α-hetero) is 1. The smallest absolute Gasteiger partial charge is 0.321 e.